The quantitative estimate of drug-likeness (QED) is 0.400. The molecule has 0 aliphatic carbocycles. The number of halogens is 1. The zero-order valence-electron chi connectivity index (χ0n) is 14.4. The van der Waals surface area contributed by atoms with E-state index in [1.807, 2.05) is 30.3 Å². The van der Waals surface area contributed by atoms with Crippen molar-refractivity contribution in [1.29, 1.82) is 0 Å². The molecule has 0 bridgehead atoms. The van der Waals surface area contributed by atoms with Gasteiger partial charge in [-0.05, 0) is 24.3 Å². The number of nitrogens with one attached hydrogen (secondary N) is 2. The molecule has 140 valence electrons. The molecule has 0 fully saturated rings. The summed E-state index contributed by atoms with van der Waals surface area (Å²) in [4.78, 5) is 31.5. The van der Waals surface area contributed by atoms with E-state index in [-0.39, 0.29) is 22.2 Å². The van der Waals surface area contributed by atoms with Gasteiger partial charge in [-0.3, -0.25) is 9.59 Å². The fourth-order valence-electron chi connectivity index (χ4n) is 2.61. The van der Waals surface area contributed by atoms with Gasteiger partial charge >= 0.3 is 0 Å². The predicted molar refractivity (Wildman–Crippen MR) is 105 cm³/mol. The highest BCUT2D eigenvalue weighted by molar-refractivity contribution is 7.99. The summed E-state index contributed by atoms with van der Waals surface area (Å²) in [5.74, 6) is -0.961. The van der Waals surface area contributed by atoms with E-state index in [9.17, 15) is 14.0 Å². The third kappa shape index (κ3) is 3.65. The van der Waals surface area contributed by atoms with Crippen LogP contribution in [-0.2, 0) is 4.79 Å². The maximum atomic E-state index is 13.6. The number of carbonyl (C=O) groups excluding carboxylic acids is 1. The molecule has 9 heteroatoms. The van der Waals surface area contributed by atoms with E-state index in [1.54, 1.807) is 16.8 Å². The van der Waals surface area contributed by atoms with Gasteiger partial charge in [-0.15, -0.1) is 0 Å². The third-order valence-corrected chi connectivity index (χ3v) is 4.78. The lowest BCUT2D eigenvalue weighted by Crippen LogP contribution is -2.16. The molecule has 1 amide bonds. The van der Waals surface area contributed by atoms with Crippen molar-refractivity contribution >= 4 is 34.4 Å². The van der Waals surface area contributed by atoms with Crippen molar-refractivity contribution < 1.29 is 9.18 Å². The standard InChI is InChI=1S/C19H14FN5O2S/c20-14-8-4-5-9-15(14)22-16(26)11-28-19-23-17-13(18(27)24-19)10-21-25(17)12-6-2-1-3-7-12/h1-10H,11H2,(H,22,26)(H,23,24,27). The molecular formula is C19H14FN5O2S. The molecule has 2 aromatic carbocycles. The summed E-state index contributed by atoms with van der Waals surface area (Å²) in [5, 5.41) is 7.35. The lowest BCUT2D eigenvalue weighted by Gasteiger charge is -2.06. The van der Waals surface area contributed by atoms with Gasteiger partial charge in [0, 0.05) is 0 Å². The summed E-state index contributed by atoms with van der Waals surface area (Å²) < 4.78 is 15.2. The fraction of sp³-hybridized carbons (Fsp3) is 0.0526. The van der Waals surface area contributed by atoms with E-state index in [0.717, 1.165) is 17.4 Å². The van der Waals surface area contributed by atoms with E-state index in [2.05, 4.69) is 20.4 Å². The van der Waals surface area contributed by atoms with Crippen molar-refractivity contribution in [1.82, 2.24) is 19.7 Å². The maximum absolute atomic E-state index is 13.6. The van der Waals surface area contributed by atoms with Crippen LogP contribution in [0.5, 0.6) is 0 Å². The monoisotopic (exact) mass is 395 g/mol. The normalized spacial score (nSPS) is 10.9. The second-order valence-corrected chi connectivity index (χ2v) is 6.78. The summed E-state index contributed by atoms with van der Waals surface area (Å²) in [6.07, 6.45) is 1.45. The molecule has 7 nitrogen and oxygen atoms in total. The van der Waals surface area contributed by atoms with E-state index < -0.39 is 11.7 Å². The largest absolute Gasteiger partial charge is 0.323 e. The number of hydrogen-bond acceptors (Lipinski definition) is 5. The Morgan fingerprint density at radius 3 is 2.68 bits per heavy atom. The van der Waals surface area contributed by atoms with Gasteiger partial charge in [-0.25, -0.2) is 14.1 Å². The number of rotatable bonds is 5. The number of aromatic amines is 1. The molecular weight excluding hydrogens is 381 g/mol. The first-order chi connectivity index (χ1) is 13.6. The van der Waals surface area contributed by atoms with Gasteiger partial charge in [-0.2, -0.15) is 5.10 Å². The van der Waals surface area contributed by atoms with E-state index in [0.29, 0.717) is 11.0 Å². The summed E-state index contributed by atoms with van der Waals surface area (Å²) in [6, 6.07) is 15.2. The van der Waals surface area contributed by atoms with Gasteiger partial charge in [0.25, 0.3) is 5.56 Å². The number of anilines is 1. The van der Waals surface area contributed by atoms with Crippen LogP contribution in [0.4, 0.5) is 10.1 Å². The second kappa shape index (κ2) is 7.65. The first kappa shape index (κ1) is 17.9. The summed E-state index contributed by atoms with van der Waals surface area (Å²) >= 11 is 1.05. The smallest absolute Gasteiger partial charge is 0.262 e. The first-order valence-corrected chi connectivity index (χ1v) is 9.31. The lowest BCUT2D eigenvalue weighted by molar-refractivity contribution is -0.113. The molecule has 0 saturated heterocycles. The molecule has 4 rings (SSSR count). The molecule has 2 N–H and O–H groups in total. The minimum Gasteiger partial charge on any atom is -0.323 e. The van der Waals surface area contributed by atoms with Crippen LogP contribution in [0.1, 0.15) is 0 Å². The Balaban J connectivity index is 1.55. The predicted octanol–water partition coefficient (Wildman–Crippen LogP) is 2.98. The molecule has 0 aliphatic heterocycles. The Morgan fingerprint density at radius 2 is 1.89 bits per heavy atom. The Bertz CT molecular complexity index is 1210. The van der Waals surface area contributed by atoms with Crippen molar-refractivity contribution in [3.05, 3.63) is 77.0 Å². The van der Waals surface area contributed by atoms with Gasteiger partial charge in [0.05, 0.1) is 23.3 Å². The van der Waals surface area contributed by atoms with Gasteiger partial charge in [0.15, 0.2) is 10.8 Å². The minimum absolute atomic E-state index is 0.0394. The van der Waals surface area contributed by atoms with Gasteiger partial charge < -0.3 is 10.3 Å². The molecule has 2 aromatic heterocycles. The van der Waals surface area contributed by atoms with E-state index in [4.69, 9.17) is 0 Å². The number of aromatic nitrogens is 4. The third-order valence-electron chi connectivity index (χ3n) is 3.91. The topological polar surface area (TPSA) is 92.7 Å². The maximum Gasteiger partial charge on any atom is 0.262 e. The van der Waals surface area contributed by atoms with Crippen LogP contribution < -0.4 is 10.9 Å². The first-order valence-electron chi connectivity index (χ1n) is 8.32. The van der Waals surface area contributed by atoms with Crippen LogP contribution in [-0.4, -0.2) is 31.4 Å². The molecule has 0 spiro atoms. The molecule has 4 aromatic rings. The molecule has 0 atom stereocenters. The molecule has 2 heterocycles. The Morgan fingerprint density at radius 1 is 1.14 bits per heavy atom. The molecule has 0 saturated carbocycles. The second-order valence-electron chi connectivity index (χ2n) is 5.82. The van der Waals surface area contributed by atoms with Crippen LogP contribution in [0.3, 0.4) is 0 Å². The number of hydrogen-bond donors (Lipinski definition) is 2. The van der Waals surface area contributed by atoms with Crippen LogP contribution in [0.25, 0.3) is 16.7 Å². The highest BCUT2D eigenvalue weighted by Gasteiger charge is 2.13. The lowest BCUT2D eigenvalue weighted by atomic mass is 10.3. The SMILES string of the molecule is O=C(CSc1nc2c(cnn2-c2ccccc2)c(=O)[nH]1)Nc1ccccc1F. The number of nitrogens with zero attached hydrogens (tertiary/aromatic N) is 3. The van der Waals surface area contributed by atoms with Crippen molar-refractivity contribution in [3.63, 3.8) is 0 Å². The Hall–Kier alpha value is -3.46. The van der Waals surface area contributed by atoms with Gasteiger partial charge in [0.1, 0.15) is 11.2 Å². The molecule has 0 radical (unpaired) electrons. The highest BCUT2D eigenvalue weighted by Crippen LogP contribution is 2.18. The number of fused-ring (bicyclic) bond motifs is 1. The van der Waals surface area contributed by atoms with Crippen molar-refractivity contribution in [3.8, 4) is 5.69 Å². The van der Waals surface area contributed by atoms with Crippen molar-refractivity contribution in [2.45, 2.75) is 5.16 Å². The van der Waals surface area contributed by atoms with Crippen LogP contribution in [0, 0.1) is 5.82 Å². The molecule has 0 unspecified atom stereocenters. The number of benzene rings is 2. The van der Waals surface area contributed by atoms with Crippen LogP contribution in [0.15, 0.2) is 70.7 Å². The van der Waals surface area contributed by atoms with E-state index in [1.165, 1.54) is 18.3 Å². The van der Waals surface area contributed by atoms with Crippen LogP contribution in [0.2, 0.25) is 0 Å². The summed E-state index contributed by atoms with van der Waals surface area (Å²) in [6.45, 7) is 0. The molecule has 0 aliphatic rings. The van der Waals surface area contributed by atoms with Crippen molar-refractivity contribution in [2.24, 2.45) is 0 Å². The number of carbonyl (C=O) groups is 1. The van der Waals surface area contributed by atoms with E-state index >= 15 is 0 Å². The summed E-state index contributed by atoms with van der Waals surface area (Å²) in [5.41, 5.74) is 0.923. The van der Waals surface area contributed by atoms with Crippen LogP contribution >= 0.6 is 11.8 Å². The number of para-hydroxylation sites is 2. The Kier molecular flexibility index (Phi) is 4.90. The van der Waals surface area contributed by atoms with Gasteiger partial charge in [0.2, 0.25) is 5.91 Å². The highest BCUT2D eigenvalue weighted by atomic mass is 32.2. The number of thioether (sulfide) groups is 1. The average molecular weight is 395 g/mol. The fourth-order valence-corrected chi connectivity index (χ4v) is 3.26. The number of amides is 1. The molecule has 28 heavy (non-hydrogen) atoms. The summed E-state index contributed by atoms with van der Waals surface area (Å²) in [7, 11) is 0. The minimum atomic E-state index is -0.513. The zero-order chi connectivity index (χ0) is 19.5. The average Bonchev–Trinajstić information content (AvgIpc) is 3.13. The zero-order valence-corrected chi connectivity index (χ0v) is 15.2. The Labute approximate surface area is 162 Å². The van der Waals surface area contributed by atoms with Gasteiger partial charge in [-0.1, -0.05) is 42.1 Å². The van der Waals surface area contributed by atoms with Crippen molar-refractivity contribution in [2.75, 3.05) is 11.1 Å². The number of H-pyrrole nitrogens is 1.